The Kier molecular flexibility index (Phi) is 4.79. The second kappa shape index (κ2) is 7.40. The first-order chi connectivity index (χ1) is 13.5. The molecule has 0 aliphatic carbocycles. The number of nitrogens with one attached hydrogen (secondary N) is 1. The van der Waals surface area contributed by atoms with E-state index in [-0.39, 0.29) is 11.9 Å². The number of rotatable bonds is 5. The number of methoxy groups -OCH3 is 1. The number of carbonyl (C=O) groups excluding carboxylic acids is 1. The van der Waals surface area contributed by atoms with Crippen LogP contribution in [-0.4, -0.2) is 22.8 Å². The fourth-order valence-corrected chi connectivity index (χ4v) is 3.17. The number of halogens is 1. The number of nitrogens with zero attached hydrogens (tertiary/aromatic N) is 2. The molecule has 1 N–H and O–H groups in total. The van der Waals surface area contributed by atoms with Crippen LogP contribution in [0.3, 0.4) is 0 Å². The van der Waals surface area contributed by atoms with Crippen LogP contribution >= 0.6 is 11.6 Å². The molecule has 2 heterocycles. The van der Waals surface area contributed by atoms with Crippen LogP contribution in [0, 0.1) is 0 Å². The number of benzene rings is 2. The van der Waals surface area contributed by atoms with Crippen LogP contribution in [-0.2, 0) is 0 Å². The Hall–Kier alpha value is -3.25. The Morgan fingerprint density at radius 3 is 2.86 bits per heavy atom. The third-order valence-electron chi connectivity index (χ3n) is 4.44. The van der Waals surface area contributed by atoms with Crippen molar-refractivity contribution < 1.29 is 13.9 Å². The highest BCUT2D eigenvalue weighted by atomic mass is 35.5. The molecule has 6 nitrogen and oxygen atoms in total. The van der Waals surface area contributed by atoms with Gasteiger partial charge >= 0.3 is 0 Å². The molecule has 2 aromatic heterocycles. The molecule has 0 saturated carbocycles. The highest BCUT2D eigenvalue weighted by Gasteiger charge is 2.18. The van der Waals surface area contributed by atoms with Crippen molar-refractivity contribution in [2.75, 3.05) is 7.11 Å². The van der Waals surface area contributed by atoms with Gasteiger partial charge in [0.15, 0.2) is 11.3 Å². The first kappa shape index (κ1) is 18.1. The fraction of sp³-hybridized carbons (Fsp3) is 0.143. The van der Waals surface area contributed by atoms with Crippen LogP contribution in [0.5, 0.6) is 5.75 Å². The first-order valence-electron chi connectivity index (χ1n) is 8.73. The lowest BCUT2D eigenvalue weighted by Crippen LogP contribution is -2.26. The summed E-state index contributed by atoms with van der Waals surface area (Å²) in [6.07, 6.45) is 3.18. The predicted molar refractivity (Wildman–Crippen MR) is 107 cm³/mol. The predicted octanol–water partition coefficient (Wildman–Crippen LogP) is 4.77. The molecule has 0 fully saturated rings. The number of hydrogen-bond donors (Lipinski definition) is 1. The van der Waals surface area contributed by atoms with Gasteiger partial charge in [-0.1, -0.05) is 29.8 Å². The molecule has 0 aliphatic rings. The number of hydrogen-bond acceptors (Lipinski definition) is 4. The van der Waals surface area contributed by atoms with E-state index < -0.39 is 0 Å². The number of ether oxygens (including phenoxy) is 1. The van der Waals surface area contributed by atoms with E-state index in [0.717, 1.165) is 11.1 Å². The Morgan fingerprint density at radius 2 is 2.07 bits per heavy atom. The van der Waals surface area contributed by atoms with Gasteiger partial charge in [0.25, 0.3) is 5.91 Å². The highest BCUT2D eigenvalue weighted by Crippen LogP contribution is 2.31. The summed E-state index contributed by atoms with van der Waals surface area (Å²) in [6, 6.07) is 14.5. The van der Waals surface area contributed by atoms with Gasteiger partial charge in [-0.3, -0.25) is 4.79 Å². The van der Waals surface area contributed by atoms with Gasteiger partial charge < -0.3 is 14.5 Å². The van der Waals surface area contributed by atoms with E-state index in [9.17, 15) is 4.79 Å². The van der Waals surface area contributed by atoms with Gasteiger partial charge in [0.1, 0.15) is 5.76 Å². The van der Waals surface area contributed by atoms with Crippen LogP contribution in [0.2, 0.25) is 5.02 Å². The van der Waals surface area contributed by atoms with Crippen molar-refractivity contribution in [3.05, 3.63) is 77.3 Å². The summed E-state index contributed by atoms with van der Waals surface area (Å²) in [5.41, 5.74) is 1.89. The van der Waals surface area contributed by atoms with E-state index in [1.165, 1.54) is 6.20 Å². The van der Waals surface area contributed by atoms with E-state index in [4.69, 9.17) is 20.8 Å². The summed E-state index contributed by atoms with van der Waals surface area (Å²) in [5, 5.41) is 8.70. The Balaban J connectivity index is 1.52. The highest BCUT2D eigenvalue weighted by molar-refractivity contribution is 6.30. The average molecular weight is 396 g/mol. The van der Waals surface area contributed by atoms with E-state index in [1.807, 2.05) is 43.3 Å². The molecule has 0 bridgehead atoms. The smallest absolute Gasteiger partial charge is 0.255 e. The SMILES string of the molecule is COc1cccc2cc(C(C)NC(=O)c3cnn(-c4cccc(Cl)c4)c3)oc12. The van der Waals surface area contributed by atoms with Crippen LogP contribution in [0.1, 0.15) is 29.1 Å². The Bertz CT molecular complexity index is 1150. The largest absolute Gasteiger partial charge is 0.493 e. The summed E-state index contributed by atoms with van der Waals surface area (Å²) in [6.45, 7) is 1.86. The molecule has 7 heteroatoms. The quantitative estimate of drug-likeness (QED) is 0.528. The van der Waals surface area contributed by atoms with Crippen LogP contribution < -0.4 is 10.1 Å². The van der Waals surface area contributed by atoms with E-state index >= 15 is 0 Å². The number of amides is 1. The summed E-state index contributed by atoms with van der Waals surface area (Å²) in [7, 11) is 1.60. The van der Waals surface area contributed by atoms with Gasteiger partial charge in [0, 0.05) is 16.6 Å². The molecule has 28 heavy (non-hydrogen) atoms. The van der Waals surface area contributed by atoms with Gasteiger partial charge in [-0.15, -0.1) is 0 Å². The van der Waals surface area contributed by atoms with Crippen LogP contribution in [0.15, 0.2) is 65.3 Å². The molecule has 2 aromatic carbocycles. The van der Waals surface area contributed by atoms with Crippen molar-refractivity contribution in [3.8, 4) is 11.4 Å². The molecule has 4 rings (SSSR count). The zero-order valence-electron chi connectivity index (χ0n) is 15.3. The number of furan rings is 1. The third-order valence-corrected chi connectivity index (χ3v) is 4.67. The van der Waals surface area contributed by atoms with Crippen molar-refractivity contribution in [2.24, 2.45) is 0 Å². The van der Waals surface area contributed by atoms with Gasteiger partial charge in [0.2, 0.25) is 0 Å². The normalized spacial score (nSPS) is 12.1. The van der Waals surface area contributed by atoms with Gasteiger partial charge in [0.05, 0.1) is 30.6 Å². The summed E-state index contributed by atoms with van der Waals surface area (Å²) in [4.78, 5) is 12.6. The lowest BCUT2D eigenvalue weighted by Gasteiger charge is -2.10. The second-order valence-electron chi connectivity index (χ2n) is 6.38. The monoisotopic (exact) mass is 395 g/mol. The van der Waals surface area contributed by atoms with Crippen molar-refractivity contribution in [2.45, 2.75) is 13.0 Å². The molecule has 0 spiro atoms. The van der Waals surface area contributed by atoms with Crippen molar-refractivity contribution >= 4 is 28.5 Å². The Morgan fingerprint density at radius 1 is 1.25 bits per heavy atom. The summed E-state index contributed by atoms with van der Waals surface area (Å²) < 4.78 is 12.8. The molecule has 1 atom stereocenters. The summed E-state index contributed by atoms with van der Waals surface area (Å²) in [5.74, 6) is 1.06. The number of para-hydroxylation sites is 1. The average Bonchev–Trinajstić information content (AvgIpc) is 3.35. The molecule has 4 aromatic rings. The first-order valence-corrected chi connectivity index (χ1v) is 9.11. The van der Waals surface area contributed by atoms with Gasteiger partial charge in [-0.25, -0.2) is 4.68 Å². The molecule has 142 valence electrons. The standard InChI is InChI=1S/C21H18ClN3O3/c1-13(19-9-14-5-3-8-18(27-2)20(14)28-19)24-21(26)15-11-23-25(12-15)17-7-4-6-16(22)10-17/h3-13H,1-2H3,(H,24,26). The second-order valence-corrected chi connectivity index (χ2v) is 6.81. The van der Waals surface area contributed by atoms with E-state index in [0.29, 0.717) is 27.7 Å². The fourth-order valence-electron chi connectivity index (χ4n) is 2.98. The van der Waals surface area contributed by atoms with Crippen LogP contribution in [0.25, 0.3) is 16.7 Å². The zero-order chi connectivity index (χ0) is 19.7. The van der Waals surface area contributed by atoms with Gasteiger partial charge in [-0.2, -0.15) is 5.10 Å². The number of carbonyl (C=O) groups is 1. The maximum absolute atomic E-state index is 12.6. The third kappa shape index (κ3) is 3.46. The lowest BCUT2D eigenvalue weighted by atomic mass is 10.2. The van der Waals surface area contributed by atoms with E-state index in [1.54, 1.807) is 30.1 Å². The number of fused-ring (bicyclic) bond motifs is 1. The molecule has 0 aliphatic heterocycles. The van der Waals surface area contributed by atoms with Crippen molar-refractivity contribution in [1.82, 2.24) is 15.1 Å². The molecule has 1 amide bonds. The number of aromatic nitrogens is 2. The molecular formula is C21H18ClN3O3. The minimum atomic E-state index is -0.320. The van der Waals surface area contributed by atoms with Crippen molar-refractivity contribution in [3.63, 3.8) is 0 Å². The van der Waals surface area contributed by atoms with Crippen LogP contribution in [0.4, 0.5) is 0 Å². The topological polar surface area (TPSA) is 69.3 Å². The molecule has 0 radical (unpaired) electrons. The molecular weight excluding hydrogens is 378 g/mol. The maximum Gasteiger partial charge on any atom is 0.255 e. The zero-order valence-corrected chi connectivity index (χ0v) is 16.1. The Labute approximate surface area is 166 Å². The molecule has 1 unspecified atom stereocenters. The lowest BCUT2D eigenvalue weighted by molar-refractivity contribution is 0.0935. The maximum atomic E-state index is 12.6. The van der Waals surface area contributed by atoms with Gasteiger partial charge in [-0.05, 0) is 37.3 Å². The minimum Gasteiger partial charge on any atom is -0.493 e. The summed E-state index contributed by atoms with van der Waals surface area (Å²) >= 11 is 6.02. The molecule has 0 saturated heterocycles. The minimum absolute atomic E-state index is 0.242. The van der Waals surface area contributed by atoms with Crippen molar-refractivity contribution in [1.29, 1.82) is 0 Å². The van der Waals surface area contributed by atoms with E-state index in [2.05, 4.69) is 10.4 Å².